The molecule has 0 aromatic heterocycles. The van der Waals surface area contributed by atoms with Crippen LogP contribution in [0.1, 0.15) is 44.0 Å². The summed E-state index contributed by atoms with van der Waals surface area (Å²) in [6.07, 6.45) is -0.319. The first-order valence-electron chi connectivity index (χ1n) is 10.0. The predicted molar refractivity (Wildman–Crippen MR) is 114 cm³/mol. The van der Waals surface area contributed by atoms with Gasteiger partial charge in [0.25, 0.3) is 5.91 Å². The largest absolute Gasteiger partial charge is 0.491 e. The second-order valence-corrected chi connectivity index (χ2v) is 8.38. The molecule has 3 amide bonds. The van der Waals surface area contributed by atoms with Gasteiger partial charge in [-0.1, -0.05) is 25.4 Å². The molecule has 9 nitrogen and oxygen atoms in total. The summed E-state index contributed by atoms with van der Waals surface area (Å²) >= 11 is 6.01. The number of fused-ring (bicyclic) bond motifs is 1. The number of nitrogens with zero attached hydrogens (tertiary/aromatic N) is 1. The highest BCUT2D eigenvalue weighted by Crippen LogP contribution is 2.24. The Bertz CT molecular complexity index is 860. The molecular formula is C21H28ClN3O6. The lowest BCUT2D eigenvalue weighted by Crippen LogP contribution is -2.53. The Kier molecular flexibility index (Phi) is 8.27. The summed E-state index contributed by atoms with van der Waals surface area (Å²) in [5, 5.41) is 14.9. The van der Waals surface area contributed by atoms with Gasteiger partial charge in [-0.3, -0.25) is 14.4 Å². The van der Waals surface area contributed by atoms with Crippen molar-refractivity contribution in [2.45, 2.75) is 51.7 Å². The number of rotatable bonds is 2. The summed E-state index contributed by atoms with van der Waals surface area (Å²) in [7, 11) is 1.62. The molecule has 1 aromatic rings. The van der Waals surface area contributed by atoms with Crippen LogP contribution in [-0.2, 0) is 14.4 Å². The maximum Gasteiger partial charge on any atom is 0.326 e. The number of halogens is 1. The van der Waals surface area contributed by atoms with E-state index in [0.29, 0.717) is 0 Å². The van der Waals surface area contributed by atoms with E-state index in [4.69, 9.17) is 16.3 Å². The van der Waals surface area contributed by atoms with Crippen molar-refractivity contribution in [2.75, 3.05) is 13.7 Å². The molecule has 170 valence electrons. The third-order valence-electron chi connectivity index (χ3n) is 5.19. The minimum absolute atomic E-state index is 0.0688. The highest BCUT2D eigenvalue weighted by Gasteiger charge is 2.31. The van der Waals surface area contributed by atoms with Gasteiger partial charge in [0.05, 0.1) is 11.6 Å². The van der Waals surface area contributed by atoms with Gasteiger partial charge in [-0.05, 0) is 37.5 Å². The molecule has 0 aliphatic carbocycles. The number of carbonyl (C=O) groups is 4. The van der Waals surface area contributed by atoms with E-state index in [9.17, 15) is 24.3 Å². The van der Waals surface area contributed by atoms with Gasteiger partial charge in [0.1, 0.15) is 24.4 Å². The molecule has 2 rings (SSSR count). The van der Waals surface area contributed by atoms with Gasteiger partial charge in [0.15, 0.2) is 0 Å². The van der Waals surface area contributed by atoms with Gasteiger partial charge in [0.2, 0.25) is 11.8 Å². The van der Waals surface area contributed by atoms with Crippen LogP contribution in [0.4, 0.5) is 0 Å². The molecule has 0 saturated carbocycles. The summed E-state index contributed by atoms with van der Waals surface area (Å²) in [6, 6.07) is 2.01. The standard InChI is InChI=1S/C21H28ClN3O6/c1-11(2)18-20(28)25(4)12(3)10-31-16-7-5-13(22)9-14(16)19(27)23-15(21(29)30)6-8-17(26)24-18/h5,7,9,11-12,15,18H,6,8,10H2,1-4H3,(H,23,27)(H,24,26)(H,29,30)/t12-,15+,18-/m1/s1. The van der Waals surface area contributed by atoms with Crippen molar-refractivity contribution in [1.29, 1.82) is 0 Å². The normalized spacial score (nSPS) is 23.7. The van der Waals surface area contributed by atoms with Gasteiger partial charge in [-0.2, -0.15) is 0 Å². The fourth-order valence-corrected chi connectivity index (χ4v) is 3.26. The lowest BCUT2D eigenvalue weighted by Gasteiger charge is -2.31. The number of ether oxygens (including phenoxy) is 1. The van der Waals surface area contributed by atoms with Crippen molar-refractivity contribution in [3.63, 3.8) is 0 Å². The minimum atomic E-state index is -1.30. The van der Waals surface area contributed by atoms with Crippen LogP contribution >= 0.6 is 11.6 Å². The Morgan fingerprint density at radius 1 is 1.26 bits per heavy atom. The number of hydrogen-bond donors (Lipinski definition) is 3. The SMILES string of the molecule is CC(C)[C@H]1NC(=O)CC[C@@H](C(=O)O)NC(=O)c2cc(Cl)ccc2OC[C@@H](C)N(C)C1=O. The van der Waals surface area contributed by atoms with E-state index < -0.39 is 29.9 Å². The summed E-state index contributed by atoms with van der Waals surface area (Å²) in [5.41, 5.74) is 0.0688. The number of likely N-dealkylation sites (N-methyl/N-ethyl adjacent to an activating group) is 1. The van der Waals surface area contributed by atoms with Crippen molar-refractivity contribution in [2.24, 2.45) is 5.92 Å². The van der Waals surface area contributed by atoms with Crippen LogP contribution in [0, 0.1) is 5.92 Å². The fourth-order valence-electron chi connectivity index (χ4n) is 3.09. The Balaban J connectivity index is 2.42. The number of hydrogen-bond acceptors (Lipinski definition) is 5. The fraction of sp³-hybridized carbons (Fsp3) is 0.524. The average molecular weight is 454 g/mol. The molecule has 0 radical (unpaired) electrons. The van der Waals surface area contributed by atoms with Gasteiger partial charge in [0, 0.05) is 18.5 Å². The molecule has 1 heterocycles. The van der Waals surface area contributed by atoms with Crippen LogP contribution in [0.2, 0.25) is 5.02 Å². The Morgan fingerprint density at radius 2 is 1.94 bits per heavy atom. The zero-order chi connectivity index (χ0) is 23.3. The molecule has 1 aromatic carbocycles. The van der Waals surface area contributed by atoms with E-state index >= 15 is 0 Å². The molecule has 31 heavy (non-hydrogen) atoms. The van der Waals surface area contributed by atoms with Crippen LogP contribution in [0.15, 0.2) is 18.2 Å². The molecular weight excluding hydrogens is 426 g/mol. The quantitative estimate of drug-likeness (QED) is 0.625. The van der Waals surface area contributed by atoms with E-state index in [-0.39, 0.29) is 53.7 Å². The summed E-state index contributed by atoms with van der Waals surface area (Å²) in [4.78, 5) is 51.3. The van der Waals surface area contributed by atoms with Crippen LogP contribution < -0.4 is 15.4 Å². The van der Waals surface area contributed by atoms with Gasteiger partial charge >= 0.3 is 5.97 Å². The van der Waals surface area contributed by atoms with Gasteiger partial charge < -0.3 is 25.4 Å². The average Bonchev–Trinajstić information content (AvgIpc) is 2.71. The molecule has 0 fully saturated rings. The van der Waals surface area contributed by atoms with Crippen molar-refractivity contribution < 1.29 is 29.0 Å². The Morgan fingerprint density at radius 3 is 2.55 bits per heavy atom. The van der Waals surface area contributed by atoms with Crippen LogP contribution in [-0.4, -0.2) is 65.5 Å². The summed E-state index contributed by atoms with van der Waals surface area (Å²) in [6.45, 7) is 5.48. The highest BCUT2D eigenvalue weighted by molar-refractivity contribution is 6.31. The molecule has 10 heteroatoms. The maximum atomic E-state index is 13.0. The van der Waals surface area contributed by atoms with E-state index in [1.807, 2.05) is 13.8 Å². The van der Waals surface area contributed by atoms with Crippen LogP contribution in [0.3, 0.4) is 0 Å². The van der Waals surface area contributed by atoms with Crippen molar-refractivity contribution in [1.82, 2.24) is 15.5 Å². The van der Waals surface area contributed by atoms with Crippen LogP contribution in [0.25, 0.3) is 0 Å². The third-order valence-corrected chi connectivity index (χ3v) is 5.42. The van der Waals surface area contributed by atoms with Crippen molar-refractivity contribution >= 4 is 35.3 Å². The Hall–Kier alpha value is -2.81. The van der Waals surface area contributed by atoms with E-state index in [0.717, 1.165) is 0 Å². The highest BCUT2D eigenvalue weighted by atomic mass is 35.5. The molecule has 3 atom stereocenters. The van der Waals surface area contributed by atoms with Gasteiger partial charge in [-0.15, -0.1) is 0 Å². The van der Waals surface area contributed by atoms with E-state index in [2.05, 4.69) is 10.6 Å². The maximum absolute atomic E-state index is 13.0. The number of carboxylic acid groups (broad SMARTS) is 1. The number of aliphatic carboxylic acids is 1. The molecule has 0 bridgehead atoms. The summed E-state index contributed by atoms with van der Waals surface area (Å²) in [5.74, 6) is -2.68. The topological polar surface area (TPSA) is 125 Å². The second kappa shape index (κ2) is 10.5. The van der Waals surface area contributed by atoms with Gasteiger partial charge in [-0.25, -0.2) is 4.79 Å². The molecule has 1 aliphatic rings. The number of nitrogens with one attached hydrogen (secondary N) is 2. The number of benzene rings is 1. The first-order valence-corrected chi connectivity index (χ1v) is 10.4. The number of carboxylic acids is 1. The monoisotopic (exact) mass is 453 g/mol. The Labute approximate surface area is 186 Å². The molecule has 0 saturated heterocycles. The number of carbonyl (C=O) groups excluding carboxylic acids is 3. The zero-order valence-electron chi connectivity index (χ0n) is 18.0. The number of amides is 3. The van der Waals surface area contributed by atoms with Crippen LogP contribution in [0.5, 0.6) is 5.75 Å². The molecule has 1 aliphatic heterocycles. The molecule has 0 spiro atoms. The van der Waals surface area contributed by atoms with E-state index in [1.165, 1.54) is 17.0 Å². The smallest absolute Gasteiger partial charge is 0.326 e. The molecule has 0 unspecified atom stereocenters. The lowest BCUT2D eigenvalue weighted by atomic mass is 10.0. The predicted octanol–water partition coefficient (Wildman–Crippen LogP) is 1.68. The minimum Gasteiger partial charge on any atom is -0.491 e. The third kappa shape index (κ3) is 6.33. The first-order chi connectivity index (χ1) is 14.5. The second-order valence-electron chi connectivity index (χ2n) is 7.94. The van der Waals surface area contributed by atoms with Crippen molar-refractivity contribution in [3.8, 4) is 5.75 Å². The first kappa shape index (κ1) is 24.5. The lowest BCUT2D eigenvalue weighted by molar-refractivity contribution is -0.140. The molecule has 3 N–H and O–H groups in total. The van der Waals surface area contributed by atoms with E-state index in [1.54, 1.807) is 20.0 Å². The zero-order valence-corrected chi connectivity index (χ0v) is 18.7. The van der Waals surface area contributed by atoms with Crippen molar-refractivity contribution in [3.05, 3.63) is 28.8 Å². The summed E-state index contributed by atoms with van der Waals surface area (Å²) < 4.78 is 5.78.